The largest absolute Gasteiger partial charge is 0.444 e. The van der Waals surface area contributed by atoms with Crippen molar-refractivity contribution in [3.05, 3.63) is 0 Å². The maximum Gasteiger partial charge on any atom is 0.410 e. The van der Waals surface area contributed by atoms with Crippen LogP contribution in [0.4, 0.5) is 4.79 Å². The Labute approximate surface area is 99.8 Å². The Morgan fingerprint density at radius 2 is 2.06 bits per heavy atom. The van der Waals surface area contributed by atoms with E-state index in [0.29, 0.717) is 18.2 Å². The van der Waals surface area contributed by atoms with Crippen molar-refractivity contribution in [2.75, 3.05) is 18.6 Å². The van der Waals surface area contributed by atoms with Crippen LogP contribution in [0.2, 0.25) is 0 Å². The minimum atomic E-state index is -0.791. The first-order valence-electron chi connectivity index (χ1n) is 5.50. The van der Waals surface area contributed by atoms with E-state index in [1.165, 1.54) is 0 Å². The molecule has 3 atom stereocenters. The summed E-state index contributed by atoms with van der Waals surface area (Å²) in [6.45, 7) is 8.20. The van der Waals surface area contributed by atoms with Crippen LogP contribution in [0, 0.1) is 5.92 Å². The number of rotatable bonds is 2. The van der Waals surface area contributed by atoms with Crippen LogP contribution in [0.3, 0.4) is 0 Å². The Kier molecular flexibility index (Phi) is 3.99. The predicted octanol–water partition coefficient (Wildman–Crippen LogP) is 1.62. The zero-order valence-corrected chi connectivity index (χ0v) is 11.5. The fourth-order valence-electron chi connectivity index (χ4n) is 1.74. The molecule has 1 aliphatic rings. The molecule has 0 bridgehead atoms. The number of hydrogen-bond donors (Lipinski definition) is 0. The van der Waals surface area contributed by atoms with Gasteiger partial charge < -0.3 is 9.64 Å². The van der Waals surface area contributed by atoms with E-state index in [9.17, 15) is 9.00 Å². The topological polar surface area (TPSA) is 46.6 Å². The molecule has 4 nitrogen and oxygen atoms in total. The van der Waals surface area contributed by atoms with Gasteiger partial charge in [-0.15, -0.1) is 0 Å². The lowest BCUT2D eigenvalue weighted by Crippen LogP contribution is -2.59. The maximum absolute atomic E-state index is 11.7. The van der Waals surface area contributed by atoms with Crippen molar-refractivity contribution in [3.8, 4) is 0 Å². The fraction of sp³-hybridized carbons (Fsp3) is 0.909. The molecule has 1 rings (SSSR count). The van der Waals surface area contributed by atoms with Crippen molar-refractivity contribution in [1.82, 2.24) is 4.90 Å². The van der Waals surface area contributed by atoms with E-state index in [1.807, 2.05) is 27.7 Å². The van der Waals surface area contributed by atoms with Gasteiger partial charge in [0.2, 0.25) is 0 Å². The van der Waals surface area contributed by atoms with Gasteiger partial charge in [-0.25, -0.2) is 4.79 Å². The van der Waals surface area contributed by atoms with Crippen LogP contribution in [-0.4, -0.2) is 45.4 Å². The van der Waals surface area contributed by atoms with Gasteiger partial charge in [-0.1, -0.05) is 0 Å². The average molecular weight is 247 g/mol. The Morgan fingerprint density at radius 1 is 1.50 bits per heavy atom. The first-order chi connectivity index (χ1) is 7.20. The Balaban J connectivity index is 2.43. The third kappa shape index (κ3) is 3.47. The van der Waals surface area contributed by atoms with Gasteiger partial charge >= 0.3 is 6.09 Å². The fourth-order valence-corrected chi connectivity index (χ4v) is 2.73. The molecule has 0 aromatic heterocycles. The van der Waals surface area contributed by atoms with Crippen molar-refractivity contribution >= 4 is 16.9 Å². The van der Waals surface area contributed by atoms with Crippen molar-refractivity contribution in [3.63, 3.8) is 0 Å². The molecule has 5 heteroatoms. The minimum absolute atomic E-state index is 0.138. The van der Waals surface area contributed by atoms with Gasteiger partial charge in [0.1, 0.15) is 5.60 Å². The molecule has 0 spiro atoms. The van der Waals surface area contributed by atoms with Gasteiger partial charge in [-0.3, -0.25) is 4.21 Å². The summed E-state index contributed by atoms with van der Waals surface area (Å²) < 4.78 is 16.4. The van der Waals surface area contributed by atoms with Gasteiger partial charge in [0.25, 0.3) is 0 Å². The second-order valence-electron chi connectivity index (χ2n) is 5.37. The molecular weight excluding hydrogens is 226 g/mol. The normalized spacial score (nSPS) is 27.2. The van der Waals surface area contributed by atoms with E-state index in [2.05, 4.69) is 0 Å². The Morgan fingerprint density at radius 3 is 2.44 bits per heavy atom. The van der Waals surface area contributed by atoms with E-state index in [4.69, 9.17) is 4.74 Å². The molecule has 1 fully saturated rings. The van der Waals surface area contributed by atoms with Crippen LogP contribution >= 0.6 is 0 Å². The number of carbonyl (C=O) groups is 1. The highest BCUT2D eigenvalue weighted by Gasteiger charge is 2.40. The molecule has 1 saturated heterocycles. The van der Waals surface area contributed by atoms with Crippen molar-refractivity contribution in [1.29, 1.82) is 0 Å². The summed E-state index contributed by atoms with van der Waals surface area (Å²) in [5.74, 6) is 1.01. The summed E-state index contributed by atoms with van der Waals surface area (Å²) in [7, 11) is -0.791. The molecule has 0 aliphatic carbocycles. The highest BCUT2D eigenvalue weighted by atomic mass is 32.2. The lowest BCUT2D eigenvalue weighted by Gasteiger charge is -2.46. The summed E-state index contributed by atoms with van der Waals surface area (Å²) in [4.78, 5) is 13.4. The van der Waals surface area contributed by atoms with Gasteiger partial charge in [0, 0.05) is 41.3 Å². The molecule has 0 aromatic carbocycles. The van der Waals surface area contributed by atoms with Gasteiger partial charge in [-0.2, -0.15) is 0 Å². The quantitative estimate of drug-likeness (QED) is 0.745. The van der Waals surface area contributed by atoms with Gasteiger partial charge in [-0.05, 0) is 27.7 Å². The van der Waals surface area contributed by atoms with E-state index < -0.39 is 16.4 Å². The number of likely N-dealkylation sites (tertiary alicyclic amines) is 1. The lowest BCUT2D eigenvalue weighted by molar-refractivity contribution is -0.0200. The van der Waals surface area contributed by atoms with Crippen LogP contribution in [0.5, 0.6) is 0 Å². The van der Waals surface area contributed by atoms with E-state index in [-0.39, 0.29) is 12.1 Å². The zero-order chi connectivity index (χ0) is 12.5. The Hall–Kier alpha value is -0.580. The van der Waals surface area contributed by atoms with Gasteiger partial charge in [0.05, 0.1) is 0 Å². The first-order valence-corrected chi connectivity index (χ1v) is 7.23. The highest BCUT2D eigenvalue weighted by Crippen LogP contribution is 2.27. The van der Waals surface area contributed by atoms with Crippen molar-refractivity contribution in [2.45, 2.75) is 39.3 Å². The SMILES string of the molecule is C[C@H]1[C@H](CS(C)=O)CN1C(=O)OC(C)(C)C. The van der Waals surface area contributed by atoms with Crippen LogP contribution in [0.15, 0.2) is 0 Å². The minimum Gasteiger partial charge on any atom is -0.444 e. The smallest absolute Gasteiger partial charge is 0.410 e. The number of ether oxygens (including phenoxy) is 1. The molecule has 16 heavy (non-hydrogen) atoms. The van der Waals surface area contributed by atoms with Crippen LogP contribution in [0.25, 0.3) is 0 Å². The molecule has 1 heterocycles. The molecular formula is C11H21NO3S. The number of nitrogens with zero attached hydrogens (tertiary/aromatic N) is 1. The van der Waals surface area contributed by atoms with E-state index >= 15 is 0 Å². The summed E-state index contributed by atoms with van der Waals surface area (Å²) in [6, 6.07) is 0.138. The standard InChI is InChI=1S/C11H21NO3S/c1-8-9(7-16(5)14)6-12(8)10(13)15-11(2,3)4/h8-9H,6-7H2,1-5H3/t8-,9-,16?/m0/s1. The molecule has 0 saturated carbocycles. The number of carbonyl (C=O) groups excluding carboxylic acids is 1. The molecule has 0 aromatic rings. The third-order valence-corrected chi connectivity index (χ3v) is 3.58. The molecule has 1 unspecified atom stereocenters. The molecule has 0 radical (unpaired) electrons. The van der Waals surface area contributed by atoms with E-state index in [0.717, 1.165) is 0 Å². The summed E-state index contributed by atoms with van der Waals surface area (Å²) in [6.07, 6.45) is 1.43. The monoisotopic (exact) mass is 247 g/mol. The van der Waals surface area contributed by atoms with Crippen LogP contribution < -0.4 is 0 Å². The number of hydrogen-bond acceptors (Lipinski definition) is 3. The first kappa shape index (κ1) is 13.5. The maximum atomic E-state index is 11.7. The molecule has 1 aliphatic heterocycles. The summed E-state index contributed by atoms with van der Waals surface area (Å²) in [5, 5.41) is 0. The molecule has 94 valence electrons. The second-order valence-corrected chi connectivity index (χ2v) is 6.85. The van der Waals surface area contributed by atoms with E-state index in [1.54, 1.807) is 11.2 Å². The van der Waals surface area contributed by atoms with Gasteiger partial charge in [0.15, 0.2) is 0 Å². The zero-order valence-electron chi connectivity index (χ0n) is 10.6. The highest BCUT2D eigenvalue weighted by molar-refractivity contribution is 7.84. The van der Waals surface area contributed by atoms with Crippen LogP contribution in [0.1, 0.15) is 27.7 Å². The average Bonchev–Trinajstić information content (AvgIpc) is 2.07. The lowest BCUT2D eigenvalue weighted by atomic mass is 9.92. The third-order valence-electron chi connectivity index (χ3n) is 2.68. The Bertz CT molecular complexity index is 298. The number of amides is 1. The van der Waals surface area contributed by atoms with Crippen molar-refractivity contribution < 1.29 is 13.7 Å². The van der Waals surface area contributed by atoms with Crippen LogP contribution in [-0.2, 0) is 15.5 Å². The van der Waals surface area contributed by atoms with Crippen molar-refractivity contribution in [2.24, 2.45) is 5.92 Å². The summed E-state index contributed by atoms with van der Waals surface area (Å²) in [5.41, 5.74) is -0.449. The molecule has 0 N–H and O–H groups in total. The molecule has 1 amide bonds. The summed E-state index contributed by atoms with van der Waals surface area (Å²) >= 11 is 0. The second kappa shape index (κ2) is 4.73. The predicted molar refractivity (Wildman–Crippen MR) is 64.8 cm³/mol.